The van der Waals surface area contributed by atoms with E-state index in [-0.39, 0.29) is 0 Å². The minimum absolute atomic E-state index is 0.544. The average Bonchev–Trinajstić information content (AvgIpc) is 2.64. The molecule has 0 aliphatic carbocycles. The van der Waals surface area contributed by atoms with Gasteiger partial charge in [-0.05, 0) is 18.2 Å². The van der Waals surface area contributed by atoms with E-state index in [4.69, 9.17) is 22.1 Å². The molecule has 2 aromatic rings. The van der Waals surface area contributed by atoms with Crippen LogP contribution < -0.4 is 10.5 Å². The first kappa shape index (κ1) is 10.3. The van der Waals surface area contributed by atoms with Gasteiger partial charge in [-0.1, -0.05) is 11.6 Å². The van der Waals surface area contributed by atoms with Crippen LogP contribution in [0.5, 0.6) is 5.75 Å². The maximum Gasteiger partial charge on any atom is 0.180 e. The zero-order valence-corrected chi connectivity index (χ0v) is 9.60. The van der Waals surface area contributed by atoms with Gasteiger partial charge in [0.2, 0.25) is 0 Å². The highest BCUT2D eigenvalue weighted by Crippen LogP contribution is 2.33. The molecule has 0 unspecified atom stereocenters. The highest BCUT2D eigenvalue weighted by atomic mass is 35.5. The smallest absolute Gasteiger partial charge is 0.180 e. The number of anilines is 1. The molecule has 1 heterocycles. The molecule has 2 N–H and O–H groups in total. The Kier molecular flexibility index (Phi) is 2.79. The Morgan fingerprint density at radius 2 is 2.27 bits per heavy atom. The molecule has 0 aliphatic heterocycles. The lowest BCUT2D eigenvalue weighted by molar-refractivity contribution is 0.416. The van der Waals surface area contributed by atoms with E-state index >= 15 is 0 Å². The second-order valence-electron chi connectivity index (χ2n) is 2.92. The number of thiazole rings is 1. The van der Waals surface area contributed by atoms with Gasteiger partial charge in [-0.3, -0.25) is 0 Å². The van der Waals surface area contributed by atoms with Gasteiger partial charge >= 0.3 is 0 Å². The summed E-state index contributed by atoms with van der Waals surface area (Å²) in [5.41, 5.74) is 7.29. The van der Waals surface area contributed by atoms with Gasteiger partial charge in [-0.15, -0.1) is 11.3 Å². The molecule has 0 saturated carbocycles. The molecular weight excluding hydrogens is 232 g/mol. The van der Waals surface area contributed by atoms with Crippen LogP contribution in [-0.4, -0.2) is 12.1 Å². The van der Waals surface area contributed by atoms with Crippen molar-refractivity contribution in [2.75, 3.05) is 12.8 Å². The summed E-state index contributed by atoms with van der Waals surface area (Å²) in [4.78, 5) is 4.19. The van der Waals surface area contributed by atoms with Crippen molar-refractivity contribution in [1.82, 2.24) is 4.98 Å². The third-order valence-corrected chi connectivity index (χ3v) is 2.87. The van der Waals surface area contributed by atoms with Gasteiger partial charge < -0.3 is 10.5 Å². The topological polar surface area (TPSA) is 48.1 Å². The van der Waals surface area contributed by atoms with Gasteiger partial charge in [0.05, 0.1) is 12.8 Å². The molecule has 0 radical (unpaired) electrons. The average molecular weight is 241 g/mol. The normalized spacial score (nSPS) is 10.3. The van der Waals surface area contributed by atoms with E-state index in [1.54, 1.807) is 19.2 Å². The summed E-state index contributed by atoms with van der Waals surface area (Å²) in [5.74, 6) is 0.702. The number of rotatable bonds is 2. The van der Waals surface area contributed by atoms with E-state index in [1.165, 1.54) is 11.3 Å². The van der Waals surface area contributed by atoms with Gasteiger partial charge in [0.1, 0.15) is 5.75 Å². The van der Waals surface area contributed by atoms with Crippen LogP contribution >= 0.6 is 22.9 Å². The lowest BCUT2D eigenvalue weighted by Crippen LogP contribution is -1.88. The molecule has 78 valence electrons. The third-order valence-electron chi connectivity index (χ3n) is 1.96. The first-order chi connectivity index (χ1) is 7.20. The molecule has 2 rings (SSSR count). The van der Waals surface area contributed by atoms with Crippen molar-refractivity contribution in [3.63, 3.8) is 0 Å². The highest BCUT2D eigenvalue weighted by Gasteiger charge is 2.09. The van der Waals surface area contributed by atoms with Crippen molar-refractivity contribution in [1.29, 1.82) is 0 Å². The molecule has 0 bridgehead atoms. The molecule has 3 nitrogen and oxygen atoms in total. The molecule has 0 aliphatic rings. The van der Waals surface area contributed by atoms with E-state index in [1.807, 2.05) is 11.4 Å². The standard InChI is InChI=1S/C10H9ClN2OS/c1-14-9-4-6(11)2-3-7(9)8-5-15-10(12)13-8/h2-5H,1H3,(H2,12,13). The lowest BCUT2D eigenvalue weighted by Gasteiger charge is -2.05. The van der Waals surface area contributed by atoms with E-state index in [9.17, 15) is 0 Å². The minimum atomic E-state index is 0.544. The number of halogens is 1. The van der Waals surface area contributed by atoms with Crippen LogP contribution in [0.25, 0.3) is 11.3 Å². The molecule has 1 aromatic heterocycles. The zero-order valence-electron chi connectivity index (χ0n) is 8.03. The first-order valence-electron chi connectivity index (χ1n) is 4.25. The van der Waals surface area contributed by atoms with Gasteiger partial charge in [0.25, 0.3) is 0 Å². The quantitative estimate of drug-likeness (QED) is 0.878. The summed E-state index contributed by atoms with van der Waals surface area (Å²) < 4.78 is 5.23. The maximum absolute atomic E-state index is 5.87. The molecule has 0 fully saturated rings. The molecule has 15 heavy (non-hydrogen) atoms. The van der Waals surface area contributed by atoms with E-state index in [0.29, 0.717) is 15.9 Å². The first-order valence-corrected chi connectivity index (χ1v) is 5.51. The number of ether oxygens (including phenoxy) is 1. The van der Waals surface area contributed by atoms with Crippen LogP contribution in [-0.2, 0) is 0 Å². The van der Waals surface area contributed by atoms with Gasteiger partial charge in [0, 0.05) is 16.0 Å². The Bertz CT molecular complexity index is 484. The summed E-state index contributed by atoms with van der Waals surface area (Å²) >= 11 is 7.27. The number of nitrogen functional groups attached to an aromatic ring is 1. The zero-order chi connectivity index (χ0) is 10.8. The van der Waals surface area contributed by atoms with Crippen LogP contribution in [0.4, 0.5) is 5.13 Å². The van der Waals surface area contributed by atoms with Crippen molar-refractivity contribution < 1.29 is 4.74 Å². The Hall–Kier alpha value is -1.26. The Labute approximate surface area is 96.5 Å². The summed E-state index contributed by atoms with van der Waals surface area (Å²) in [5, 5.41) is 3.07. The number of nitrogens with two attached hydrogens (primary N) is 1. The fourth-order valence-electron chi connectivity index (χ4n) is 1.29. The van der Waals surface area contributed by atoms with Crippen molar-refractivity contribution in [2.24, 2.45) is 0 Å². The van der Waals surface area contributed by atoms with E-state index < -0.39 is 0 Å². The number of hydrogen-bond donors (Lipinski definition) is 1. The highest BCUT2D eigenvalue weighted by molar-refractivity contribution is 7.13. The van der Waals surface area contributed by atoms with E-state index in [2.05, 4.69) is 4.98 Å². The van der Waals surface area contributed by atoms with Crippen LogP contribution in [0.1, 0.15) is 0 Å². The van der Waals surface area contributed by atoms with Crippen molar-refractivity contribution in [2.45, 2.75) is 0 Å². The summed E-state index contributed by atoms with van der Waals surface area (Å²) in [6.07, 6.45) is 0. The number of nitrogens with zero attached hydrogens (tertiary/aromatic N) is 1. The van der Waals surface area contributed by atoms with Crippen LogP contribution in [0.15, 0.2) is 23.6 Å². The molecule has 0 atom stereocenters. The summed E-state index contributed by atoms with van der Waals surface area (Å²) in [6, 6.07) is 5.43. The largest absolute Gasteiger partial charge is 0.496 e. The van der Waals surface area contributed by atoms with Crippen molar-refractivity contribution in [3.05, 3.63) is 28.6 Å². The maximum atomic E-state index is 5.87. The van der Waals surface area contributed by atoms with Crippen LogP contribution in [0.2, 0.25) is 5.02 Å². The predicted octanol–water partition coefficient (Wildman–Crippen LogP) is 3.05. The van der Waals surface area contributed by atoms with Crippen LogP contribution in [0.3, 0.4) is 0 Å². The van der Waals surface area contributed by atoms with Crippen LogP contribution in [0, 0.1) is 0 Å². The number of aromatic nitrogens is 1. The Morgan fingerprint density at radius 1 is 1.47 bits per heavy atom. The summed E-state index contributed by atoms with van der Waals surface area (Å²) in [7, 11) is 1.60. The minimum Gasteiger partial charge on any atom is -0.496 e. The molecule has 0 amide bonds. The fourth-order valence-corrected chi connectivity index (χ4v) is 2.01. The Balaban J connectivity index is 2.52. The summed E-state index contributed by atoms with van der Waals surface area (Å²) in [6.45, 7) is 0. The van der Waals surface area contributed by atoms with Gasteiger partial charge in [0.15, 0.2) is 5.13 Å². The Morgan fingerprint density at radius 3 is 2.87 bits per heavy atom. The number of hydrogen-bond acceptors (Lipinski definition) is 4. The molecule has 5 heteroatoms. The second-order valence-corrected chi connectivity index (χ2v) is 4.24. The SMILES string of the molecule is COc1cc(Cl)ccc1-c1csc(N)n1. The number of methoxy groups -OCH3 is 1. The molecule has 1 aromatic carbocycles. The van der Waals surface area contributed by atoms with Crippen molar-refractivity contribution in [3.8, 4) is 17.0 Å². The fraction of sp³-hybridized carbons (Fsp3) is 0.100. The second kappa shape index (κ2) is 4.08. The van der Waals surface area contributed by atoms with E-state index in [0.717, 1.165) is 11.3 Å². The van der Waals surface area contributed by atoms with Gasteiger partial charge in [-0.2, -0.15) is 0 Å². The lowest BCUT2D eigenvalue weighted by atomic mass is 10.1. The third kappa shape index (κ3) is 2.06. The molecule has 0 saturated heterocycles. The number of benzene rings is 1. The molecular formula is C10H9ClN2OS. The van der Waals surface area contributed by atoms with Crippen molar-refractivity contribution >= 4 is 28.1 Å². The predicted molar refractivity (Wildman–Crippen MR) is 63.5 cm³/mol. The molecule has 0 spiro atoms. The monoisotopic (exact) mass is 240 g/mol. The van der Waals surface area contributed by atoms with Gasteiger partial charge in [-0.25, -0.2) is 4.98 Å².